The molecule has 174 valence electrons. The van der Waals surface area contributed by atoms with Crippen LogP contribution in [-0.4, -0.2) is 65.6 Å². The highest BCUT2D eigenvalue weighted by Gasteiger charge is 2.21. The Bertz CT molecular complexity index is 1190. The van der Waals surface area contributed by atoms with Crippen molar-refractivity contribution < 1.29 is 14.3 Å². The lowest BCUT2D eigenvalue weighted by Crippen LogP contribution is -2.36. The van der Waals surface area contributed by atoms with Gasteiger partial charge in [0.15, 0.2) is 0 Å². The molecule has 0 bridgehead atoms. The highest BCUT2D eigenvalue weighted by molar-refractivity contribution is 6.30. The molecule has 33 heavy (non-hydrogen) atoms. The zero-order valence-corrected chi connectivity index (χ0v) is 19.5. The van der Waals surface area contributed by atoms with Crippen molar-refractivity contribution in [2.75, 3.05) is 40.0 Å². The third-order valence-corrected chi connectivity index (χ3v) is 5.82. The Morgan fingerprint density at radius 2 is 2.00 bits per heavy atom. The normalized spacial score (nSPS) is 14.4. The molecule has 3 aromatic rings. The summed E-state index contributed by atoms with van der Waals surface area (Å²) in [4.78, 5) is 37.9. The molecule has 9 heteroatoms. The number of amides is 1. The fraction of sp³-hybridized carbons (Fsp3) is 0.375. The molecular formula is C24H27ClN4O4. The summed E-state index contributed by atoms with van der Waals surface area (Å²) in [6.07, 6.45) is 1.44. The zero-order valence-electron chi connectivity index (χ0n) is 18.8. The summed E-state index contributed by atoms with van der Waals surface area (Å²) in [5.41, 5.74) is 1.86. The predicted molar refractivity (Wildman–Crippen MR) is 127 cm³/mol. The number of hydrogen-bond acceptors (Lipinski definition) is 6. The second-order valence-corrected chi connectivity index (χ2v) is 8.42. The molecule has 8 nitrogen and oxygen atoms in total. The number of aromatic nitrogens is 2. The van der Waals surface area contributed by atoms with Crippen molar-refractivity contribution in [1.29, 1.82) is 0 Å². The van der Waals surface area contributed by atoms with E-state index >= 15 is 0 Å². The minimum Gasteiger partial charge on any atom is -0.476 e. The molecule has 1 saturated heterocycles. The fourth-order valence-electron chi connectivity index (χ4n) is 3.86. The van der Waals surface area contributed by atoms with Gasteiger partial charge in [-0.05, 0) is 30.7 Å². The molecule has 0 radical (unpaired) electrons. The Balaban J connectivity index is 1.65. The average Bonchev–Trinajstić information content (AvgIpc) is 2.82. The van der Waals surface area contributed by atoms with E-state index in [1.165, 1.54) is 11.1 Å². The van der Waals surface area contributed by atoms with Gasteiger partial charge in [0.05, 0.1) is 30.9 Å². The third-order valence-electron chi connectivity index (χ3n) is 5.57. The summed E-state index contributed by atoms with van der Waals surface area (Å²) < 4.78 is 11.1. The average molecular weight is 471 g/mol. The van der Waals surface area contributed by atoms with E-state index in [0.29, 0.717) is 54.7 Å². The topological polar surface area (TPSA) is 87.8 Å². The predicted octanol–water partition coefficient (Wildman–Crippen LogP) is 3.08. The van der Waals surface area contributed by atoms with Crippen LogP contribution in [0.3, 0.4) is 0 Å². The largest absolute Gasteiger partial charge is 0.476 e. The van der Waals surface area contributed by atoms with E-state index in [0.717, 1.165) is 24.3 Å². The van der Waals surface area contributed by atoms with Crippen LogP contribution in [0.1, 0.15) is 28.5 Å². The number of aromatic amines is 1. The second kappa shape index (κ2) is 10.3. The summed E-state index contributed by atoms with van der Waals surface area (Å²) in [5, 5.41) is 1.02. The van der Waals surface area contributed by atoms with Crippen LogP contribution in [0.2, 0.25) is 5.02 Å². The number of carbonyl (C=O) groups is 1. The first-order valence-electron chi connectivity index (χ1n) is 10.9. The van der Waals surface area contributed by atoms with E-state index in [-0.39, 0.29) is 16.9 Å². The molecule has 1 aliphatic heterocycles. The fourth-order valence-corrected chi connectivity index (χ4v) is 3.98. The van der Waals surface area contributed by atoms with Crippen LogP contribution >= 0.6 is 11.6 Å². The number of rotatable bonds is 7. The minimum atomic E-state index is -0.363. The van der Waals surface area contributed by atoms with Gasteiger partial charge in [0.1, 0.15) is 11.1 Å². The van der Waals surface area contributed by atoms with Gasteiger partial charge in [-0.2, -0.15) is 0 Å². The van der Waals surface area contributed by atoms with E-state index in [9.17, 15) is 9.59 Å². The van der Waals surface area contributed by atoms with Crippen molar-refractivity contribution >= 4 is 28.4 Å². The molecule has 1 N–H and O–H groups in total. The monoisotopic (exact) mass is 470 g/mol. The first-order valence-corrected chi connectivity index (χ1v) is 11.3. The molecule has 0 unspecified atom stereocenters. The maximum Gasteiger partial charge on any atom is 0.259 e. The molecule has 2 aromatic heterocycles. The first kappa shape index (κ1) is 23.2. The highest BCUT2D eigenvalue weighted by Crippen LogP contribution is 2.22. The van der Waals surface area contributed by atoms with Gasteiger partial charge in [-0.3, -0.25) is 14.5 Å². The van der Waals surface area contributed by atoms with Gasteiger partial charge in [0, 0.05) is 44.4 Å². The van der Waals surface area contributed by atoms with Crippen molar-refractivity contribution in [2.24, 2.45) is 0 Å². The maximum atomic E-state index is 13.4. The Kier molecular flexibility index (Phi) is 7.27. The number of morpholine rings is 1. The van der Waals surface area contributed by atoms with Gasteiger partial charge in [-0.15, -0.1) is 0 Å². The summed E-state index contributed by atoms with van der Waals surface area (Å²) in [6.45, 7) is 6.15. The number of hydrogen-bond donors (Lipinski definition) is 1. The van der Waals surface area contributed by atoms with E-state index in [1.807, 2.05) is 19.1 Å². The Hall–Kier alpha value is -2.94. The maximum absolute atomic E-state index is 13.4. The number of pyridine rings is 2. The van der Waals surface area contributed by atoms with Crippen molar-refractivity contribution in [3.05, 3.63) is 68.6 Å². The van der Waals surface area contributed by atoms with Gasteiger partial charge in [-0.1, -0.05) is 23.7 Å². The van der Waals surface area contributed by atoms with Gasteiger partial charge in [0.25, 0.3) is 5.91 Å². The highest BCUT2D eigenvalue weighted by atomic mass is 35.5. The lowest BCUT2D eigenvalue weighted by Gasteiger charge is -2.26. The van der Waals surface area contributed by atoms with Crippen LogP contribution in [0, 0.1) is 0 Å². The van der Waals surface area contributed by atoms with Gasteiger partial charge in [0.2, 0.25) is 11.3 Å². The smallest absolute Gasteiger partial charge is 0.259 e. The van der Waals surface area contributed by atoms with E-state index in [1.54, 1.807) is 25.2 Å². The number of carbonyl (C=O) groups excluding carboxylic acids is 1. The van der Waals surface area contributed by atoms with Crippen molar-refractivity contribution in [1.82, 2.24) is 19.8 Å². The third kappa shape index (κ3) is 5.35. The van der Waals surface area contributed by atoms with Crippen LogP contribution in [0.25, 0.3) is 10.9 Å². The first-order chi connectivity index (χ1) is 16.0. The van der Waals surface area contributed by atoms with Crippen LogP contribution in [0.4, 0.5) is 0 Å². The number of benzene rings is 1. The van der Waals surface area contributed by atoms with Crippen LogP contribution in [0.5, 0.6) is 5.88 Å². The van der Waals surface area contributed by atoms with E-state index in [2.05, 4.69) is 14.9 Å². The molecule has 0 atom stereocenters. The number of fused-ring (bicyclic) bond motifs is 1. The van der Waals surface area contributed by atoms with Gasteiger partial charge >= 0.3 is 0 Å². The van der Waals surface area contributed by atoms with E-state index in [4.69, 9.17) is 21.1 Å². The number of ether oxygens (including phenoxy) is 2. The standard InChI is InChI=1S/C24H27ClN4O4/c1-3-33-23-21-19(12-18(27-23)15-29-8-10-32-11-9-29)22(30)20(13-26-21)24(31)28(2)14-16-4-6-17(25)7-5-16/h4-7,12-13H,3,8-11,14-15H2,1-2H3,(H,26,30). The number of nitrogens with one attached hydrogen (secondary N) is 1. The summed E-state index contributed by atoms with van der Waals surface area (Å²) >= 11 is 5.94. The van der Waals surface area contributed by atoms with Gasteiger partial charge in [-0.25, -0.2) is 4.98 Å². The molecule has 0 aliphatic carbocycles. The SMILES string of the molecule is CCOc1nc(CN2CCOCC2)cc2c(=O)c(C(=O)N(C)Cc3ccc(Cl)cc3)c[nH]c12. The molecule has 1 fully saturated rings. The molecule has 0 saturated carbocycles. The van der Waals surface area contributed by atoms with Crippen molar-refractivity contribution in [3.63, 3.8) is 0 Å². The Morgan fingerprint density at radius 3 is 2.70 bits per heavy atom. The van der Waals surface area contributed by atoms with Crippen LogP contribution in [-0.2, 0) is 17.8 Å². The van der Waals surface area contributed by atoms with Crippen LogP contribution in [0.15, 0.2) is 41.3 Å². The van der Waals surface area contributed by atoms with Crippen molar-refractivity contribution in [2.45, 2.75) is 20.0 Å². The molecule has 0 spiro atoms. The van der Waals surface area contributed by atoms with E-state index < -0.39 is 0 Å². The lowest BCUT2D eigenvalue weighted by molar-refractivity contribution is 0.0336. The number of halogens is 1. The van der Waals surface area contributed by atoms with Gasteiger partial charge < -0.3 is 19.4 Å². The zero-order chi connectivity index (χ0) is 23.4. The molecule has 1 amide bonds. The quantitative estimate of drug-likeness (QED) is 0.571. The Labute approximate surface area is 197 Å². The second-order valence-electron chi connectivity index (χ2n) is 7.98. The summed E-state index contributed by atoms with van der Waals surface area (Å²) in [5.74, 6) is 0.00137. The minimum absolute atomic E-state index is 0.0740. The molecule has 3 heterocycles. The molecule has 1 aromatic carbocycles. The molecular weight excluding hydrogens is 444 g/mol. The number of H-pyrrole nitrogens is 1. The molecule has 4 rings (SSSR count). The molecule has 1 aliphatic rings. The summed E-state index contributed by atoms with van der Waals surface area (Å²) in [7, 11) is 1.67. The van der Waals surface area contributed by atoms with Crippen molar-refractivity contribution in [3.8, 4) is 5.88 Å². The summed E-state index contributed by atoms with van der Waals surface area (Å²) in [6, 6.07) is 9.01. The number of nitrogens with zero attached hydrogens (tertiary/aromatic N) is 3. The van der Waals surface area contributed by atoms with Crippen LogP contribution < -0.4 is 10.2 Å². The Morgan fingerprint density at radius 1 is 1.27 bits per heavy atom. The lowest BCUT2D eigenvalue weighted by atomic mass is 10.1.